The number of rotatable bonds is 4. The van der Waals surface area contributed by atoms with Crippen molar-refractivity contribution in [1.82, 2.24) is 4.31 Å². The molecule has 86 valence electrons. The summed E-state index contributed by atoms with van der Waals surface area (Å²) < 4.78 is 72.4. The smallest absolute Gasteiger partial charge is 0.211 e. The first-order valence-corrected chi connectivity index (χ1v) is 5.84. The Bertz CT molecular complexity index is 401. The van der Waals surface area contributed by atoms with E-state index >= 15 is 0 Å². The summed E-state index contributed by atoms with van der Waals surface area (Å²) in [6.07, 6.45) is 0. The molecule has 0 aliphatic heterocycles. The van der Waals surface area contributed by atoms with Gasteiger partial charge < -0.3 is 0 Å². The molecule has 0 rings (SSSR count). The van der Waals surface area contributed by atoms with Crippen molar-refractivity contribution in [2.45, 2.75) is 5.76 Å². The molecule has 0 saturated heterocycles. The molecule has 12 heteroatoms. The van der Waals surface area contributed by atoms with Crippen molar-refractivity contribution >= 4 is 20.2 Å². The Balaban J connectivity index is 0. The minimum atomic E-state index is -5.15. The van der Waals surface area contributed by atoms with Gasteiger partial charge in [0.05, 0.1) is 0 Å². The van der Waals surface area contributed by atoms with Crippen molar-refractivity contribution in [2.75, 3.05) is 14.1 Å². The maximum absolute atomic E-state index is 11.9. The monoisotopic (exact) mass is 295 g/mol. The fourth-order valence-electron chi connectivity index (χ4n) is 0.269. The standard InChI is InChI=1S/C3H7F3N2O4S2.K/c1-8(2)14(10,11)7-13(9,12-6)3(4)5;/h3H,1-2H3;/q;+1. The van der Waals surface area contributed by atoms with E-state index in [1.54, 1.807) is 0 Å². The van der Waals surface area contributed by atoms with Gasteiger partial charge in [0.25, 0.3) is 10.0 Å². The number of hydrogen-bond acceptors (Lipinski definition) is 4. The Kier molecular flexibility index (Phi) is 8.50. The average molecular weight is 295 g/mol. The zero-order valence-electron chi connectivity index (χ0n) is 8.06. The molecule has 0 spiro atoms. The van der Waals surface area contributed by atoms with E-state index < -0.39 is 26.0 Å². The van der Waals surface area contributed by atoms with E-state index in [0.717, 1.165) is 14.1 Å². The van der Waals surface area contributed by atoms with Gasteiger partial charge in [-0.1, -0.05) is 8.16 Å². The molecule has 6 nitrogen and oxygen atoms in total. The summed E-state index contributed by atoms with van der Waals surface area (Å²) in [5.74, 6) is -3.86. The van der Waals surface area contributed by atoms with Crippen LogP contribution >= 0.6 is 0 Å². The van der Waals surface area contributed by atoms with E-state index in [1.807, 2.05) is 0 Å². The normalized spacial score (nSPS) is 15.9. The minimum Gasteiger partial charge on any atom is -0.211 e. The quantitative estimate of drug-likeness (QED) is 0.529. The summed E-state index contributed by atoms with van der Waals surface area (Å²) in [6, 6.07) is 0. The van der Waals surface area contributed by atoms with E-state index in [4.69, 9.17) is 0 Å². The Morgan fingerprint density at radius 2 is 1.67 bits per heavy atom. The molecule has 0 aliphatic carbocycles. The molecular formula is C3H7F3KN2O4S2+. The van der Waals surface area contributed by atoms with Gasteiger partial charge in [0.15, 0.2) is 0 Å². The van der Waals surface area contributed by atoms with E-state index in [-0.39, 0.29) is 51.4 Å². The topological polar surface area (TPSA) is 76.0 Å². The fourth-order valence-corrected chi connectivity index (χ4v) is 2.26. The molecule has 0 saturated carbocycles. The Hall–Kier alpha value is 1.25. The molecule has 0 amide bonds. The third kappa shape index (κ3) is 5.41. The van der Waals surface area contributed by atoms with Crippen molar-refractivity contribution in [1.29, 1.82) is 0 Å². The van der Waals surface area contributed by atoms with Crippen molar-refractivity contribution < 1.29 is 81.7 Å². The van der Waals surface area contributed by atoms with Crippen LogP contribution in [0.1, 0.15) is 0 Å². The maximum atomic E-state index is 11.9. The second-order valence-corrected chi connectivity index (χ2v) is 5.91. The third-order valence-electron chi connectivity index (χ3n) is 0.975. The molecule has 0 aliphatic rings. The van der Waals surface area contributed by atoms with E-state index in [0.29, 0.717) is 4.31 Å². The molecule has 15 heavy (non-hydrogen) atoms. The number of halogens is 3. The van der Waals surface area contributed by atoms with Gasteiger partial charge >= 0.3 is 67.4 Å². The van der Waals surface area contributed by atoms with Crippen molar-refractivity contribution in [3.63, 3.8) is 0 Å². The summed E-state index contributed by atoms with van der Waals surface area (Å²) >= 11 is 0. The van der Waals surface area contributed by atoms with Crippen molar-refractivity contribution in [2.24, 2.45) is 3.77 Å². The Morgan fingerprint density at radius 3 is 1.87 bits per heavy atom. The van der Waals surface area contributed by atoms with Crippen LogP contribution in [0, 0.1) is 0 Å². The van der Waals surface area contributed by atoms with Crippen molar-refractivity contribution in [3.8, 4) is 0 Å². The van der Waals surface area contributed by atoms with Crippen LogP contribution in [-0.4, -0.2) is 36.8 Å². The molecule has 0 aromatic heterocycles. The van der Waals surface area contributed by atoms with Gasteiger partial charge in [-0.2, -0.15) is 21.5 Å². The molecule has 0 aromatic rings. The van der Waals surface area contributed by atoms with E-state index in [1.165, 1.54) is 0 Å². The largest absolute Gasteiger partial charge is 1.00 e. The molecule has 0 heterocycles. The van der Waals surface area contributed by atoms with Crippen LogP contribution in [0.5, 0.6) is 0 Å². The van der Waals surface area contributed by atoms with Crippen LogP contribution in [-0.2, 0) is 24.6 Å². The van der Waals surface area contributed by atoms with Gasteiger partial charge in [0.2, 0.25) is 0 Å². The van der Waals surface area contributed by atoms with Crippen LogP contribution in [0.25, 0.3) is 0 Å². The summed E-state index contributed by atoms with van der Waals surface area (Å²) in [4.78, 5) is 0. The van der Waals surface area contributed by atoms with Gasteiger partial charge in [-0.15, -0.1) is 0 Å². The van der Waals surface area contributed by atoms with Gasteiger partial charge in [-0.05, 0) is 4.53 Å². The first kappa shape index (κ1) is 18.6. The van der Waals surface area contributed by atoms with E-state index in [2.05, 4.69) is 8.16 Å². The predicted octanol–water partition coefficient (Wildman–Crippen LogP) is -2.70. The number of alkyl halides is 2. The zero-order chi connectivity index (χ0) is 11.6. The second kappa shape index (κ2) is 6.85. The minimum absolute atomic E-state index is 0. The van der Waals surface area contributed by atoms with E-state index in [9.17, 15) is 25.9 Å². The van der Waals surface area contributed by atoms with Gasteiger partial charge in [-0.25, -0.2) is 4.21 Å². The third-order valence-corrected chi connectivity index (χ3v) is 4.11. The van der Waals surface area contributed by atoms with Crippen LogP contribution in [0.4, 0.5) is 13.3 Å². The zero-order valence-corrected chi connectivity index (χ0v) is 12.8. The maximum Gasteiger partial charge on any atom is 1.00 e. The first-order chi connectivity index (χ1) is 6.15. The van der Waals surface area contributed by atoms with Gasteiger partial charge in [0.1, 0.15) is 0 Å². The Morgan fingerprint density at radius 1 is 1.27 bits per heavy atom. The van der Waals surface area contributed by atoms with Gasteiger partial charge in [0, 0.05) is 14.1 Å². The molecular weight excluding hydrogens is 288 g/mol. The molecule has 0 N–H and O–H groups in total. The number of hydrogen-bond donors (Lipinski definition) is 0. The van der Waals surface area contributed by atoms with Crippen molar-refractivity contribution in [3.05, 3.63) is 0 Å². The SMILES string of the molecule is CN(C)S(=O)(=O)N=S(=O)(OF)C(F)F.[K+]. The summed E-state index contributed by atoms with van der Waals surface area (Å²) in [5.41, 5.74) is 0. The molecule has 0 aromatic carbocycles. The summed E-state index contributed by atoms with van der Waals surface area (Å²) in [5, 5.41) is 0. The predicted molar refractivity (Wildman–Crippen MR) is 41.4 cm³/mol. The second-order valence-electron chi connectivity index (χ2n) is 2.17. The first-order valence-electron chi connectivity index (χ1n) is 2.94. The Labute approximate surface area is 128 Å². The molecule has 1 unspecified atom stereocenters. The van der Waals surface area contributed by atoms with Crippen LogP contribution in [0.2, 0.25) is 0 Å². The summed E-state index contributed by atoms with van der Waals surface area (Å²) in [7, 11) is -7.83. The molecule has 0 bridgehead atoms. The molecule has 0 fully saturated rings. The van der Waals surface area contributed by atoms with Crippen LogP contribution in [0.15, 0.2) is 3.77 Å². The van der Waals surface area contributed by atoms with Crippen LogP contribution in [0.3, 0.4) is 0 Å². The molecule has 0 radical (unpaired) electrons. The summed E-state index contributed by atoms with van der Waals surface area (Å²) in [6.45, 7) is 0. The molecule has 1 atom stereocenters. The average Bonchev–Trinajstić information content (AvgIpc) is 2.02. The van der Waals surface area contributed by atoms with Gasteiger partial charge in [-0.3, -0.25) is 0 Å². The number of nitrogens with zero attached hydrogens (tertiary/aromatic N) is 2. The fraction of sp³-hybridized carbons (Fsp3) is 1.00. The van der Waals surface area contributed by atoms with Crippen LogP contribution < -0.4 is 51.4 Å².